The highest BCUT2D eigenvalue weighted by Crippen LogP contribution is 2.15. The quantitative estimate of drug-likeness (QED) is 0.696. The molecule has 0 spiro atoms. The molecule has 2 aromatic carbocycles. The highest BCUT2D eigenvalue weighted by atomic mass is 19.1. The molecule has 2 aromatic rings. The second kappa shape index (κ2) is 10.6. The van der Waals surface area contributed by atoms with Crippen molar-refractivity contribution in [1.82, 2.24) is 10.2 Å². The van der Waals surface area contributed by atoms with E-state index in [9.17, 15) is 14.0 Å². The van der Waals surface area contributed by atoms with E-state index in [1.165, 1.54) is 24.3 Å². The summed E-state index contributed by atoms with van der Waals surface area (Å²) in [4.78, 5) is 27.2. The summed E-state index contributed by atoms with van der Waals surface area (Å²) in [7, 11) is 0. The average molecular weight is 400 g/mol. The van der Waals surface area contributed by atoms with E-state index in [-0.39, 0.29) is 30.3 Å². The van der Waals surface area contributed by atoms with Gasteiger partial charge in [0.15, 0.2) is 6.61 Å². The van der Waals surface area contributed by atoms with E-state index in [1.54, 1.807) is 4.90 Å². The fraction of sp³-hybridized carbons (Fsp3) is 0.391. The predicted molar refractivity (Wildman–Crippen MR) is 111 cm³/mol. The number of amides is 2. The number of nitrogens with one attached hydrogen (secondary N) is 1. The summed E-state index contributed by atoms with van der Waals surface area (Å²) in [5.41, 5.74) is 2.05. The molecule has 0 bridgehead atoms. The third-order valence-electron chi connectivity index (χ3n) is 4.47. The van der Waals surface area contributed by atoms with Crippen LogP contribution in [0.2, 0.25) is 0 Å². The topological polar surface area (TPSA) is 58.6 Å². The Kier molecular flexibility index (Phi) is 8.19. The molecule has 29 heavy (non-hydrogen) atoms. The Hall–Kier alpha value is -2.89. The van der Waals surface area contributed by atoms with E-state index in [0.717, 1.165) is 11.1 Å². The SMILES string of the molecule is CCC(C(=O)NC(C)C)N(Cc1ccc(C)cc1)C(=O)COc1ccc(F)cc1. The second-order valence-electron chi connectivity index (χ2n) is 7.34. The van der Waals surface area contributed by atoms with Gasteiger partial charge in [0.25, 0.3) is 5.91 Å². The van der Waals surface area contributed by atoms with Crippen LogP contribution in [0.1, 0.15) is 38.3 Å². The van der Waals surface area contributed by atoms with E-state index in [0.29, 0.717) is 18.7 Å². The summed E-state index contributed by atoms with van der Waals surface area (Å²) >= 11 is 0. The minimum absolute atomic E-state index is 0.0247. The van der Waals surface area contributed by atoms with Crippen LogP contribution in [0.25, 0.3) is 0 Å². The summed E-state index contributed by atoms with van der Waals surface area (Å²) < 4.78 is 18.6. The second-order valence-corrected chi connectivity index (χ2v) is 7.34. The maximum absolute atomic E-state index is 13.1. The first-order valence-corrected chi connectivity index (χ1v) is 9.84. The van der Waals surface area contributed by atoms with E-state index < -0.39 is 6.04 Å². The maximum atomic E-state index is 13.1. The van der Waals surface area contributed by atoms with Crippen molar-refractivity contribution in [2.24, 2.45) is 0 Å². The number of halogens is 1. The van der Waals surface area contributed by atoms with Crippen LogP contribution in [-0.4, -0.2) is 35.4 Å². The Morgan fingerprint density at radius 2 is 1.69 bits per heavy atom. The van der Waals surface area contributed by atoms with Crippen LogP contribution < -0.4 is 10.1 Å². The van der Waals surface area contributed by atoms with Gasteiger partial charge in [-0.1, -0.05) is 36.8 Å². The zero-order chi connectivity index (χ0) is 21.4. The van der Waals surface area contributed by atoms with Gasteiger partial charge in [0.05, 0.1) is 0 Å². The maximum Gasteiger partial charge on any atom is 0.261 e. The van der Waals surface area contributed by atoms with Crippen molar-refractivity contribution in [2.45, 2.75) is 52.7 Å². The molecule has 0 radical (unpaired) electrons. The third-order valence-corrected chi connectivity index (χ3v) is 4.47. The lowest BCUT2D eigenvalue weighted by atomic mass is 10.1. The van der Waals surface area contributed by atoms with Crippen LogP contribution in [-0.2, 0) is 16.1 Å². The third kappa shape index (κ3) is 6.89. The van der Waals surface area contributed by atoms with Crippen molar-refractivity contribution in [3.63, 3.8) is 0 Å². The van der Waals surface area contributed by atoms with E-state index in [4.69, 9.17) is 4.74 Å². The molecule has 156 valence electrons. The first kappa shape index (κ1) is 22.4. The van der Waals surface area contributed by atoms with Gasteiger partial charge in [-0.2, -0.15) is 0 Å². The van der Waals surface area contributed by atoms with Gasteiger partial charge in [-0.05, 0) is 57.0 Å². The fourth-order valence-corrected chi connectivity index (χ4v) is 2.95. The molecule has 5 nitrogen and oxygen atoms in total. The summed E-state index contributed by atoms with van der Waals surface area (Å²) in [6.45, 7) is 7.71. The Balaban J connectivity index is 2.18. The molecule has 0 saturated carbocycles. The normalized spacial score (nSPS) is 11.8. The Labute approximate surface area is 171 Å². The molecular formula is C23H29FN2O3. The molecule has 0 aromatic heterocycles. The number of nitrogens with zero attached hydrogens (tertiary/aromatic N) is 1. The van der Waals surface area contributed by atoms with Crippen LogP contribution in [0.3, 0.4) is 0 Å². The summed E-state index contributed by atoms with van der Waals surface area (Å²) in [5, 5.41) is 2.89. The van der Waals surface area contributed by atoms with E-state index >= 15 is 0 Å². The molecular weight excluding hydrogens is 371 g/mol. The van der Waals surface area contributed by atoms with Gasteiger partial charge in [0.2, 0.25) is 5.91 Å². The van der Waals surface area contributed by atoms with Crippen molar-refractivity contribution >= 4 is 11.8 Å². The van der Waals surface area contributed by atoms with Gasteiger partial charge in [0.1, 0.15) is 17.6 Å². The van der Waals surface area contributed by atoms with E-state index in [2.05, 4.69) is 5.32 Å². The highest BCUT2D eigenvalue weighted by Gasteiger charge is 2.29. The average Bonchev–Trinajstić information content (AvgIpc) is 2.68. The van der Waals surface area contributed by atoms with Crippen molar-refractivity contribution in [1.29, 1.82) is 0 Å². The van der Waals surface area contributed by atoms with Crippen LogP contribution >= 0.6 is 0 Å². The summed E-state index contributed by atoms with van der Waals surface area (Å²) in [6, 6.07) is 12.7. The molecule has 0 heterocycles. The molecule has 0 aliphatic rings. The van der Waals surface area contributed by atoms with Crippen molar-refractivity contribution < 1.29 is 18.7 Å². The number of aryl methyl sites for hydroxylation is 1. The van der Waals surface area contributed by atoms with Gasteiger partial charge in [-0.25, -0.2) is 4.39 Å². The lowest BCUT2D eigenvalue weighted by Crippen LogP contribution is -2.51. The molecule has 1 unspecified atom stereocenters. The van der Waals surface area contributed by atoms with Gasteiger partial charge in [-0.3, -0.25) is 9.59 Å². The Morgan fingerprint density at radius 1 is 1.07 bits per heavy atom. The van der Waals surface area contributed by atoms with E-state index in [1.807, 2.05) is 52.0 Å². The molecule has 1 atom stereocenters. The smallest absolute Gasteiger partial charge is 0.261 e. The zero-order valence-corrected chi connectivity index (χ0v) is 17.4. The molecule has 0 aliphatic heterocycles. The van der Waals surface area contributed by atoms with Gasteiger partial charge in [0, 0.05) is 12.6 Å². The number of hydrogen-bond donors (Lipinski definition) is 1. The monoisotopic (exact) mass is 400 g/mol. The van der Waals surface area contributed by atoms with Crippen LogP contribution in [0.15, 0.2) is 48.5 Å². The first-order valence-electron chi connectivity index (χ1n) is 9.84. The Morgan fingerprint density at radius 3 is 2.24 bits per heavy atom. The van der Waals surface area contributed by atoms with Crippen LogP contribution in [0.4, 0.5) is 4.39 Å². The molecule has 0 fully saturated rings. The van der Waals surface area contributed by atoms with Gasteiger partial charge >= 0.3 is 0 Å². The van der Waals surface area contributed by atoms with Crippen molar-refractivity contribution in [3.8, 4) is 5.75 Å². The van der Waals surface area contributed by atoms with Crippen molar-refractivity contribution in [3.05, 3.63) is 65.5 Å². The number of hydrogen-bond acceptors (Lipinski definition) is 3. The standard InChI is InChI=1S/C23H29FN2O3/c1-5-21(23(28)25-16(2)3)26(14-18-8-6-17(4)7-9-18)22(27)15-29-20-12-10-19(24)11-13-20/h6-13,16,21H,5,14-15H2,1-4H3,(H,25,28). The van der Waals surface area contributed by atoms with Gasteiger partial charge in [-0.15, -0.1) is 0 Å². The lowest BCUT2D eigenvalue weighted by Gasteiger charge is -2.31. The molecule has 2 amide bonds. The number of benzene rings is 2. The minimum atomic E-state index is -0.608. The first-order chi connectivity index (χ1) is 13.8. The molecule has 1 N–H and O–H groups in total. The van der Waals surface area contributed by atoms with Crippen molar-refractivity contribution in [2.75, 3.05) is 6.61 Å². The van der Waals surface area contributed by atoms with Crippen LogP contribution in [0, 0.1) is 12.7 Å². The Bertz CT molecular complexity index is 804. The zero-order valence-electron chi connectivity index (χ0n) is 17.4. The van der Waals surface area contributed by atoms with Crippen LogP contribution in [0.5, 0.6) is 5.75 Å². The number of ether oxygens (including phenoxy) is 1. The molecule has 0 saturated heterocycles. The number of rotatable bonds is 9. The summed E-state index contributed by atoms with van der Waals surface area (Å²) in [6.07, 6.45) is 0.479. The lowest BCUT2D eigenvalue weighted by molar-refractivity contribution is -0.143. The molecule has 6 heteroatoms. The van der Waals surface area contributed by atoms with Gasteiger partial charge < -0.3 is 15.0 Å². The predicted octanol–water partition coefficient (Wildman–Crippen LogP) is 3.84. The molecule has 0 aliphatic carbocycles. The largest absolute Gasteiger partial charge is 0.484 e. The molecule has 2 rings (SSSR count). The number of carbonyl (C=O) groups is 2. The minimum Gasteiger partial charge on any atom is -0.484 e. The summed E-state index contributed by atoms with van der Waals surface area (Å²) in [5.74, 6) is -0.471. The highest BCUT2D eigenvalue weighted by molar-refractivity contribution is 5.88. The fourth-order valence-electron chi connectivity index (χ4n) is 2.95. The number of carbonyl (C=O) groups excluding carboxylic acids is 2.